The van der Waals surface area contributed by atoms with Crippen molar-refractivity contribution in [2.45, 2.75) is 44.9 Å². The van der Waals surface area contributed by atoms with Crippen LogP contribution in [0, 0.1) is 0 Å². The van der Waals surface area contributed by atoms with Gasteiger partial charge in [-0.25, -0.2) is 8.42 Å². The first-order chi connectivity index (χ1) is 8.37. The van der Waals surface area contributed by atoms with Crippen LogP contribution in [0.5, 0.6) is 0 Å². The van der Waals surface area contributed by atoms with Gasteiger partial charge in [0.2, 0.25) is 5.09 Å². The number of nitrogens with one attached hydrogen (secondary N) is 1. The van der Waals surface area contributed by atoms with Gasteiger partial charge >= 0.3 is 0 Å². The predicted octanol–water partition coefficient (Wildman–Crippen LogP) is 1.81. The molecule has 0 aliphatic heterocycles. The Morgan fingerprint density at radius 3 is 2.61 bits per heavy atom. The van der Waals surface area contributed by atoms with Gasteiger partial charge in [-0.1, -0.05) is 20.8 Å². The SMILES string of the molecule is CCCN(C)S(=O)(=O)c1ccc(CNC(C)C)o1. The number of hydrogen-bond donors (Lipinski definition) is 1. The molecule has 18 heavy (non-hydrogen) atoms. The Balaban J connectivity index is 2.78. The van der Waals surface area contributed by atoms with Gasteiger partial charge in [-0.2, -0.15) is 4.31 Å². The fraction of sp³-hybridized carbons (Fsp3) is 0.667. The lowest BCUT2D eigenvalue weighted by Gasteiger charge is -2.13. The van der Waals surface area contributed by atoms with E-state index in [9.17, 15) is 8.42 Å². The molecule has 104 valence electrons. The van der Waals surface area contributed by atoms with Gasteiger partial charge in [0.15, 0.2) is 0 Å². The van der Waals surface area contributed by atoms with Crippen molar-refractivity contribution in [3.05, 3.63) is 17.9 Å². The van der Waals surface area contributed by atoms with Gasteiger partial charge in [-0.3, -0.25) is 0 Å². The second-order valence-corrected chi connectivity index (χ2v) is 6.56. The van der Waals surface area contributed by atoms with E-state index in [0.717, 1.165) is 6.42 Å². The summed E-state index contributed by atoms with van der Waals surface area (Å²) < 4.78 is 30.9. The zero-order chi connectivity index (χ0) is 13.8. The molecule has 5 nitrogen and oxygen atoms in total. The molecule has 1 aromatic heterocycles. The van der Waals surface area contributed by atoms with E-state index in [1.807, 2.05) is 20.8 Å². The van der Waals surface area contributed by atoms with Crippen LogP contribution in [0.3, 0.4) is 0 Å². The largest absolute Gasteiger partial charge is 0.447 e. The average molecular weight is 274 g/mol. The predicted molar refractivity (Wildman–Crippen MR) is 70.8 cm³/mol. The maximum absolute atomic E-state index is 12.1. The van der Waals surface area contributed by atoms with Crippen LogP contribution in [0.1, 0.15) is 33.0 Å². The Hall–Kier alpha value is -0.850. The molecule has 0 aliphatic rings. The number of sulfonamides is 1. The maximum Gasteiger partial charge on any atom is 0.276 e. The minimum atomic E-state index is -3.48. The van der Waals surface area contributed by atoms with E-state index >= 15 is 0 Å². The van der Waals surface area contributed by atoms with E-state index in [4.69, 9.17) is 4.42 Å². The lowest BCUT2D eigenvalue weighted by Crippen LogP contribution is -2.27. The van der Waals surface area contributed by atoms with Crippen LogP contribution in [0.4, 0.5) is 0 Å². The summed E-state index contributed by atoms with van der Waals surface area (Å²) in [5, 5.41) is 3.19. The van der Waals surface area contributed by atoms with Gasteiger partial charge < -0.3 is 9.73 Å². The summed E-state index contributed by atoms with van der Waals surface area (Å²) in [6.45, 7) is 7.00. The molecule has 0 saturated heterocycles. The summed E-state index contributed by atoms with van der Waals surface area (Å²) >= 11 is 0. The van der Waals surface area contributed by atoms with Gasteiger partial charge in [-0.15, -0.1) is 0 Å². The van der Waals surface area contributed by atoms with Crippen LogP contribution in [0.25, 0.3) is 0 Å². The Kier molecular flexibility index (Phi) is 5.37. The zero-order valence-electron chi connectivity index (χ0n) is 11.4. The van der Waals surface area contributed by atoms with E-state index in [2.05, 4.69) is 5.32 Å². The molecule has 1 aromatic rings. The highest BCUT2D eigenvalue weighted by Crippen LogP contribution is 2.18. The van der Waals surface area contributed by atoms with Crippen molar-refractivity contribution in [2.24, 2.45) is 0 Å². The summed E-state index contributed by atoms with van der Waals surface area (Å²) in [6.07, 6.45) is 0.776. The maximum atomic E-state index is 12.1. The molecule has 0 aromatic carbocycles. The fourth-order valence-corrected chi connectivity index (χ4v) is 2.67. The monoisotopic (exact) mass is 274 g/mol. The van der Waals surface area contributed by atoms with E-state index in [1.54, 1.807) is 13.1 Å². The molecule has 0 fully saturated rings. The van der Waals surface area contributed by atoms with E-state index < -0.39 is 10.0 Å². The number of furan rings is 1. The molecule has 1 N–H and O–H groups in total. The first-order valence-electron chi connectivity index (χ1n) is 6.16. The Morgan fingerprint density at radius 2 is 2.06 bits per heavy atom. The minimum Gasteiger partial charge on any atom is -0.447 e. The summed E-state index contributed by atoms with van der Waals surface area (Å²) in [7, 11) is -1.92. The molecule has 0 unspecified atom stereocenters. The third-order valence-corrected chi connectivity index (χ3v) is 4.26. The number of nitrogens with zero attached hydrogens (tertiary/aromatic N) is 1. The highest BCUT2D eigenvalue weighted by molar-refractivity contribution is 7.89. The van der Waals surface area contributed by atoms with E-state index in [-0.39, 0.29) is 5.09 Å². The summed E-state index contributed by atoms with van der Waals surface area (Å²) in [4.78, 5) is 0. The van der Waals surface area contributed by atoms with Gasteiger partial charge in [0.1, 0.15) is 5.76 Å². The average Bonchev–Trinajstić information content (AvgIpc) is 2.75. The fourth-order valence-electron chi connectivity index (χ4n) is 1.49. The molecule has 0 spiro atoms. The van der Waals surface area contributed by atoms with E-state index in [1.165, 1.54) is 10.4 Å². The zero-order valence-corrected chi connectivity index (χ0v) is 12.3. The topological polar surface area (TPSA) is 62.6 Å². The Bertz CT molecular complexity index is 465. The summed E-state index contributed by atoms with van der Waals surface area (Å²) in [6, 6.07) is 3.54. The summed E-state index contributed by atoms with van der Waals surface area (Å²) in [5.74, 6) is 0.632. The smallest absolute Gasteiger partial charge is 0.276 e. The Morgan fingerprint density at radius 1 is 1.39 bits per heavy atom. The van der Waals surface area contributed by atoms with E-state index in [0.29, 0.717) is 24.9 Å². The lowest BCUT2D eigenvalue weighted by molar-refractivity contribution is 0.376. The van der Waals surface area contributed by atoms with Crippen LogP contribution < -0.4 is 5.32 Å². The molecule has 6 heteroatoms. The lowest BCUT2D eigenvalue weighted by atomic mass is 10.3. The molecule has 0 radical (unpaired) electrons. The summed E-state index contributed by atoms with van der Waals surface area (Å²) in [5.41, 5.74) is 0. The molecule has 1 heterocycles. The number of rotatable bonds is 7. The third kappa shape index (κ3) is 3.83. The van der Waals surface area contributed by atoms with Crippen molar-refractivity contribution >= 4 is 10.0 Å². The highest BCUT2D eigenvalue weighted by atomic mass is 32.2. The molecule has 0 bridgehead atoms. The molecule has 0 atom stereocenters. The van der Waals surface area contributed by atoms with Crippen LogP contribution in [0.15, 0.2) is 21.6 Å². The molecular formula is C12H22N2O3S. The Labute approximate surface area is 109 Å². The van der Waals surface area contributed by atoms with Crippen molar-refractivity contribution in [3.63, 3.8) is 0 Å². The van der Waals surface area contributed by atoms with Gasteiger partial charge in [0.25, 0.3) is 10.0 Å². The van der Waals surface area contributed by atoms with Crippen LogP contribution in [0.2, 0.25) is 0 Å². The van der Waals surface area contributed by atoms with Crippen molar-refractivity contribution in [3.8, 4) is 0 Å². The van der Waals surface area contributed by atoms with Crippen molar-refractivity contribution < 1.29 is 12.8 Å². The normalized spacial score (nSPS) is 12.6. The van der Waals surface area contributed by atoms with Crippen molar-refractivity contribution in [1.29, 1.82) is 0 Å². The highest BCUT2D eigenvalue weighted by Gasteiger charge is 2.23. The van der Waals surface area contributed by atoms with Crippen LogP contribution >= 0.6 is 0 Å². The molecular weight excluding hydrogens is 252 g/mol. The van der Waals surface area contributed by atoms with Crippen LogP contribution in [-0.2, 0) is 16.6 Å². The minimum absolute atomic E-state index is 0.0130. The van der Waals surface area contributed by atoms with Crippen molar-refractivity contribution in [1.82, 2.24) is 9.62 Å². The van der Waals surface area contributed by atoms with Crippen LogP contribution in [-0.4, -0.2) is 32.4 Å². The van der Waals surface area contributed by atoms with Gasteiger partial charge in [0.05, 0.1) is 6.54 Å². The second-order valence-electron chi connectivity index (χ2n) is 4.58. The molecule has 0 aliphatic carbocycles. The molecule has 0 amide bonds. The molecule has 0 saturated carbocycles. The van der Waals surface area contributed by atoms with Gasteiger partial charge in [-0.05, 0) is 18.6 Å². The van der Waals surface area contributed by atoms with Crippen molar-refractivity contribution in [2.75, 3.05) is 13.6 Å². The first kappa shape index (κ1) is 15.2. The quantitative estimate of drug-likeness (QED) is 0.823. The standard InChI is InChI=1S/C12H22N2O3S/c1-5-8-14(4)18(15,16)12-7-6-11(17-12)9-13-10(2)3/h6-7,10,13H,5,8-9H2,1-4H3. The third-order valence-electron chi connectivity index (χ3n) is 2.52. The first-order valence-corrected chi connectivity index (χ1v) is 7.60. The van der Waals surface area contributed by atoms with Gasteiger partial charge in [0, 0.05) is 19.6 Å². The second kappa shape index (κ2) is 6.36. The molecule has 1 rings (SSSR count). The number of hydrogen-bond acceptors (Lipinski definition) is 4.